The average Bonchev–Trinajstić information content (AvgIpc) is 3.01. The van der Waals surface area contributed by atoms with E-state index in [1.807, 2.05) is 0 Å². The standard InChI is InChI=1S/C21H25N5O6/c1-25(2)19(30)21(32-20(22)31,13-8-23-9-13)12-4-3-11-10-26(18(29)14(11)7-12)15-5-6-16(27)24-17(15)28/h3-4,7,13,15,23H,5-6,8-10H2,1-2H3,(H2,22,31)(H,24,27,28). The number of nitrogens with one attached hydrogen (secondary N) is 2. The number of piperidine rings is 1. The van der Waals surface area contributed by atoms with Gasteiger partial charge >= 0.3 is 6.09 Å². The highest BCUT2D eigenvalue weighted by Crippen LogP contribution is 2.40. The van der Waals surface area contributed by atoms with E-state index in [1.165, 1.54) is 9.80 Å². The molecule has 5 amide bonds. The summed E-state index contributed by atoms with van der Waals surface area (Å²) < 4.78 is 5.50. The summed E-state index contributed by atoms with van der Waals surface area (Å²) in [5.41, 5.74) is 5.02. The summed E-state index contributed by atoms with van der Waals surface area (Å²) in [7, 11) is 3.10. The van der Waals surface area contributed by atoms with Crippen LogP contribution in [0.15, 0.2) is 18.2 Å². The molecule has 2 atom stereocenters. The molecule has 0 saturated carbocycles. The third kappa shape index (κ3) is 3.38. The highest BCUT2D eigenvalue weighted by molar-refractivity contribution is 6.05. The van der Waals surface area contributed by atoms with E-state index < -0.39 is 29.6 Å². The van der Waals surface area contributed by atoms with Gasteiger partial charge < -0.3 is 25.6 Å². The lowest BCUT2D eigenvalue weighted by Crippen LogP contribution is -2.62. The van der Waals surface area contributed by atoms with Crippen LogP contribution in [0, 0.1) is 5.92 Å². The molecule has 0 radical (unpaired) electrons. The fraction of sp³-hybridized carbons (Fsp3) is 0.476. The van der Waals surface area contributed by atoms with Crippen molar-refractivity contribution in [1.82, 2.24) is 20.4 Å². The highest BCUT2D eigenvalue weighted by Gasteiger charge is 2.54. The highest BCUT2D eigenvalue weighted by atomic mass is 16.6. The van der Waals surface area contributed by atoms with E-state index in [0.717, 1.165) is 0 Å². The normalized spacial score (nSPS) is 22.5. The molecule has 4 N–H and O–H groups in total. The first-order chi connectivity index (χ1) is 15.1. The van der Waals surface area contributed by atoms with Crippen molar-refractivity contribution in [3.63, 3.8) is 0 Å². The maximum Gasteiger partial charge on any atom is 0.405 e. The first-order valence-corrected chi connectivity index (χ1v) is 10.3. The lowest BCUT2D eigenvalue weighted by Gasteiger charge is -2.44. The minimum absolute atomic E-state index is 0.156. The van der Waals surface area contributed by atoms with Crippen molar-refractivity contribution < 1.29 is 28.7 Å². The third-order valence-corrected chi connectivity index (χ3v) is 6.30. The van der Waals surface area contributed by atoms with Crippen LogP contribution in [0.4, 0.5) is 4.79 Å². The van der Waals surface area contributed by atoms with Crippen LogP contribution < -0.4 is 16.4 Å². The largest absolute Gasteiger partial charge is 0.428 e. The third-order valence-electron chi connectivity index (χ3n) is 6.30. The van der Waals surface area contributed by atoms with E-state index in [1.54, 1.807) is 32.3 Å². The Kier molecular flexibility index (Phi) is 5.37. The van der Waals surface area contributed by atoms with Crippen LogP contribution in [0.5, 0.6) is 0 Å². The van der Waals surface area contributed by atoms with Gasteiger partial charge in [-0.25, -0.2) is 4.79 Å². The molecule has 2 fully saturated rings. The number of primary amides is 1. The van der Waals surface area contributed by atoms with Crippen molar-refractivity contribution in [2.45, 2.75) is 31.0 Å². The SMILES string of the molecule is CN(C)C(=O)C(OC(N)=O)(c1ccc2c(c1)C(=O)N(C1CCC(=O)NC1=O)C2)C1CNC1. The molecule has 3 aliphatic rings. The van der Waals surface area contributed by atoms with Crippen molar-refractivity contribution in [2.75, 3.05) is 27.2 Å². The second-order valence-corrected chi connectivity index (χ2v) is 8.48. The van der Waals surface area contributed by atoms with E-state index in [4.69, 9.17) is 10.5 Å². The number of hydrogen-bond donors (Lipinski definition) is 3. The van der Waals surface area contributed by atoms with E-state index >= 15 is 0 Å². The molecule has 1 aromatic carbocycles. The molecule has 0 aliphatic carbocycles. The van der Waals surface area contributed by atoms with Gasteiger partial charge in [-0.15, -0.1) is 0 Å². The summed E-state index contributed by atoms with van der Waals surface area (Å²) >= 11 is 0. The van der Waals surface area contributed by atoms with Crippen molar-refractivity contribution >= 4 is 29.7 Å². The number of nitrogens with zero attached hydrogens (tertiary/aromatic N) is 2. The topological polar surface area (TPSA) is 151 Å². The summed E-state index contributed by atoms with van der Waals surface area (Å²) in [5.74, 6) is -2.07. The van der Waals surface area contributed by atoms with Gasteiger partial charge in [0.2, 0.25) is 17.4 Å². The molecule has 2 saturated heterocycles. The smallest absolute Gasteiger partial charge is 0.405 e. The van der Waals surface area contributed by atoms with Gasteiger partial charge in [0.25, 0.3) is 11.8 Å². The number of ether oxygens (including phenoxy) is 1. The summed E-state index contributed by atoms with van der Waals surface area (Å²) in [6.45, 7) is 1.07. The van der Waals surface area contributed by atoms with Crippen molar-refractivity contribution in [1.29, 1.82) is 0 Å². The van der Waals surface area contributed by atoms with Gasteiger partial charge in [0, 0.05) is 57.2 Å². The van der Waals surface area contributed by atoms with E-state index in [-0.39, 0.29) is 37.1 Å². The summed E-state index contributed by atoms with van der Waals surface area (Å²) in [4.78, 5) is 64.8. The van der Waals surface area contributed by atoms with Crippen molar-refractivity contribution in [3.05, 3.63) is 34.9 Å². The molecule has 11 heteroatoms. The van der Waals surface area contributed by atoms with E-state index in [2.05, 4.69) is 10.6 Å². The second kappa shape index (κ2) is 7.90. The van der Waals surface area contributed by atoms with Gasteiger partial charge in [0.05, 0.1) is 0 Å². The first kappa shape index (κ1) is 21.8. The van der Waals surface area contributed by atoms with Crippen molar-refractivity contribution in [3.8, 4) is 0 Å². The van der Waals surface area contributed by atoms with Crippen LogP contribution in [0.3, 0.4) is 0 Å². The Hall–Kier alpha value is -3.47. The summed E-state index contributed by atoms with van der Waals surface area (Å²) in [6, 6.07) is 4.15. The molecule has 3 aliphatic heterocycles. The molecule has 11 nitrogen and oxygen atoms in total. The van der Waals surface area contributed by atoms with Crippen LogP contribution in [0.25, 0.3) is 0 Å². The van der Waals surface area contributed by atoms with Crippen LogP contribution in [-0.2, 0) is 31.3 Å². The van der Waals surface area contributed by atoms with E-state index in [9.17, 15) is 24.0 Å². The number of fused-ring (bicyclic) bond motifs is 1. The fourth-order valence-electron chi connectivity index (χ4n) is 4.57. The van der Waals surface area contributed by atoms with Crippen molar-refractivity contribution in [2.24, 2.45) is 11.7 Å². The number of carbonyl (C=O) groups is 5. The fourth-order valence-corrected chi connectivity index (χ4v) is 4.57. The number of likely N-dealkylation sites (N-methyl/N-ethyl adjacent to an activating group) is 1. The molecule has 32 heavy (non-hydrogen) atoms. The summed E-state index contributed by atoms with van der Waals surface area (Å²) in [5, 5.41) is 5.34. The van der Waals surface area contributed by atoms with Crippen LogP contribution in [-0.4, -0.2) is 72.7 Å². The molecule has 2 unspecified atom stereocenters. The van der Waals surface area contributed by atoms with Gasteiger partial charge in [-0.3, -0.25) is 24.5 Å². The van der Waals surface area contributed by atoms with Gasteiger partial charge in [-0.1, -0.05) is 12.1 Å². The molecular weight excluding hydrogens is 418 g/mol. The maximum absolute atomic E-state index is 13.3. The Morgan fingerprint density at radius 1 is 1.22 bits per heavy atom. The zero-order valence-electron chi connectivity index (χ0n) is 17.8. The number of rotatable bonds is 5. The number of hydrogen-bond acceptors (Lipinski definition) is 7. The number of nitrogens with two attached hydrogens (primary N) is 1. The molecule has 1 aromatic rings. The predicted molar refractivity (Wildman–Crippen MR) is 110 cm³/mol. The first-order valence-electron chi connectivity index (χ1n) is 10.3. The Morgan fingerprint density at radius 3 is 2.50 bits per heavy atom. The zero-order valence-corrected chi connectivity index (χ0v) is 17.8. The monoisotopic (exact) mass is 443 g/mol. The van der Waals surface area contributed by atoms with Gasteiger partial charge in [-0.05, 0) is 18.1 Å². The number of carbonyl (C=O) groups excluding carboxylic acids is 5. The molecule has 3 heterocycles. The number of imide groups is 1. The Balaban J connectivity index is 1.73. The lowest BCUT2D eigenvalue weighted by molar-refractivity contribution is -0.159. The van der Waals surface area contributed by atoms with Crippen LogP contribution in [0.2, 0.25) is 0 Å². The Morgan fingerprint density at radius 2 is 1.94 bits per heavy atom. The van der Waals surface area contributed by atoms with Gasteiger partial charge in [-0.2, -0.15) is 0 Å². The average molecular weight is 443 g/mol. The number of amides is 5. The summed E-state index contributed by atoms with van der Waals surface area (Å²) in [6.07, 6.45) is -0.688. The van der Waals surface area contributed by atoms with E-state index in [0.29, 0.717) is 29.8 Å². The minimum Gasteiger partial charge on any atom is -0.428 e. The van der Waals surface area contributed by atoms with Crippen LogP contribution >= 0.6 is 0 Å². The minimum atomic E-state index is -1.68. The molecule has 170 valence electrons. The zero-order chi connectivity index (χ0) is 23.2. The molecule has 0 aromatic heterocycles. The van der Waals surface area contributed by atoms with Gasteiger partial charge in [0.1, 0.15) is 6.04 Å². The number of benzene rings is 1. The molecular formula is C21H25N5O6. The quantitative estimate of drug-likeness (QED) is 0.496. The predicted octanol–water partition coefficient (Wildman–Crippen LogP) is -0.954. The van der Waals surface area contributed by atoms with Crippen LogP contribution in [0.1, 0.15) is 34.3 Å². The molecule has 4 rings (SSSR count). The second-order valence-electron chi connectivity index (χ2n) is 8.48. The van der Waals surface area contributed by atoms with Gasteiger partial charge in [0.15, 0.2) is 0 Å². The molecule has 0 spiro atoms. The molecule has 0 bridgehead atoms. The Labute approximate surface area is 184 Å². The lowest BCUT2D eigenvalue weighted by atomic mass is 9.75. The Bertz CT molecular complexity index is 1020. The maximum atomic E-state index is 13.3.